The fraction of sp³-hybridized carbons (Fsp3) is 0.364. The zero-order valence-corrected chi connectivity index (χ0v) is 17.2. The average molecular weight is 385 g/mol. The van der Waals surface area contributed by atoms with E-state index in [1.807, 2.05) is 36.4 Å². The van der Waals surface area contributed by atoms with Crippen LogP contribution in [-0.2, 0) is 14.0 Å². The summed E-state index contributed by atoms with van der Waals surface area (Å²) in [5.74, 6) is -1.49. The van der Waals surface area contributed by atoms with Crippen LogP contribution < -0.4 is 10.4 Å². The number of carbonyl (C=O) groups is 2. The van der Waals surface area contributed by atoms with Crippen LogP contribution >= 0.6 is 0 Å². The minimum atomic E-state index is -2.63. The molecule has 2 aromatic carbocycles. The Morgan fingerprint density at radius 2 is 1.52 bits per heavy atom. The predicted octanol–water partition coefficient (Wildman–Crippen LogP) is 3.24. The molecule has 2 aromatic rings. The number of hydrogen-bond donors (Lipinski definition) is 1. The lowest BCUT2D eigenvalue weighted by molar-refractivity contribution is -0.139. The summed E-state index contributed by atoms with van der Waals surface area (Å²) in [4.78, 5) is 22.2. The lowest BCUT2D eigenvalue weighted by Gasteiger charge is -2.43. The van der Waals surface area contributed by atoms with Crippen molar-refractivity contribution in [3.8, 4) is 0 Å². The van der Waals surface area contributed by atoms with Gasteiger partial charge >= 0.3 is 5.97 Å². The Morgan fingerprint density at radius 3 is 1.89 bits per heavy atom. The zero-order chi connectivity index (χ0) is 19.9. The van der Waals surface area contributed by atoms with Gasteiger partial charge in [-0.15, -0.1) is 0 Å². The number of carbonyl (C=O) groups excluding carboxylic acids is 1. The van der Waals surface area contributed by atoms with Crippen molar-refractivity contribution in [3.05, 3.63) is 60.7 Å². The van der Waals surface area contributed by atoms with E-state index >= 15 is 0 Å². The largest absolute Gasteiger partial charge is 0.481 e. The monoisotopic (exact) mass is 384 g/mol. The predicted molar refractivity (Wildman–Crippen MR) is 110 cm³/mol. The quantitative estimate of drug-likeness (QED) is 0.532. The third-order valence-electron chi connectivity index (χ3n) is 4.85. The molecule has 2 rings (SSSR count). The summed E-state index contributed by atoms with van der Waals surface area (Å²) in [6.07, 6.45) is 0.969. The normalized spacial score (nSPS) is 13.1. The second-order valence-corrected chi connectivity index (χ2v) is 12.1. The first kappa shape index (κ1) is 21.1. The molecule has 0 aliphatic carbocycles. The minimum Gasteiger partial charge on any atom is -0.481 e. The minimum absolute atomic E-state index is 0.140. The second-order valence-electron chi connectivity index (χ2n) is 7.79. The molecule has 0 heterocycles. The fourth-order valence-corrected chi connectivity index (χ4v) is 8.15. The maximum atomic E-state index is 11.2. The molecule has 0 amide bonds. The molecule has 0 saturated heterocycles. The molecule has 4 nitrogen and oxygen atoms in total. The summed E-state index contributed by atoms with van der Waals surface area (Å²) < 4.78 is 6.67. The van der Waals surface area contributed by atoms with Crippen molar-refractivity contribution in [2.45, 2.75) is 38.7 Å². The Kier molecular flexibility index (Phi) is 7.10. The number of aliphatic carboxylic acids is 1. The van der Waals surface area contributed by atoms with E-state index in [0.29, 0.717) is 13.0 Å². The summed E-state index contributed by atoms with van der Waals surface area (Å²) in [7, 11) is -2.63. The summed E-state index contributed by atoms with van der Waals surface area (Å²) in [5.41, 5.74) is 0. The highest BCUT2D eigenvalue weighted by Gasteiger charge is 2.50. The van der Waals surface area contributed by atoms with Gasteiger partial charge in [-0.3, -0.25) is 4.79 Å². The molecular formula is C22H28O4Si. The van der Waals surface area contributed by atoms with Crippen LogP contribution in [0.25, 0.3) is 0 Å². The molecule has 0 radical (unpaired) electrons. The number of carboxylic acids is 1. The molecule has 0 spiro atoms. The lowest BCUT2D eigenvalue weighted by Crippen LogP contribution is -2.66. The van der Waals surface area contributed by atoms with Gasteiger partial charge in [0.1, 0.15) is 6.29 Å². The molecule has 5 heteroatoms. The Labute approximate surface area is 162 Å². The van der Waals surface area contributed by atoms with Gasteiger partial charge in [-0.05, 0) is 21.8 Å². The van der Waals surface area contributed by atoms with Gasteiger partial charge in [-0.1, -0.05) is 81.4 Å². The van der Waals surface area contributed by atoms with Gasteiger partial charge in [0.15, 0.2) is 0 Å². The van der Waals surface area contributed by atoms with E-state index in [-0.39, 0.29) is 11.5 Å². The Balaban J connectivity index is 2.40. The summed E-state index contributed by atoms with van der Waals surface area (Å²) in [5, 5.41) is 11.2. The number of carboxylic acid groups (broad SMARTS) is 1. The zero-order valence-electron chi connectivity index (χ0n) is 16.2. The van der Waals surface area contributed by atoms with Crippen molar-refractivity contribution in [2.24, 2.45) is 5.92 Å². The molecule has 144 valence electrons. The Hall–Kier alpha value is -2.24. The van der Waals surface area contributed by atoms with E-state index in [1.54, 1.807) is 0 Å². The maximum absolute atomic E-state index is 11.2. The van der Waals surface area contributed by atoms with Gasteiger partial charge in [-0.25, -0.2) is 0 Å². The van der Waals surface area contributed by atoms with Crippen molar-refractivity contribution in [1.82, 2.24) is 0 Å². The van der Waals surface area contributed by atoms with Gasteiger partial charge in [-0.2, -0.15) is 0 Å². The number of benzene rings is 2. The number of rotatable bonds is 9. The second kappa shape index (κ2) is 9.11. The average Bonchev–Trinajstić information content (AvgIpc) is 2.64. The van der Waals surface area contributed by atoms with Crippen molar-refractivity contribution in [2.75, 3.05) is 6.61 Å². The van der Waals surface area contributed by atoms with Crippen molar-refractivity contribution >= 4 is 30.9 Å². The molecule has 0 bridgehead atoms. The van der Waals surface area contributed by atoms with Gasteiger partial charge in [0.25, 0.3) is 8.32 Å². The molecule has 0 aliphatic heterocycles. The van der Waals surface area contributed by atoms with E-state index in [4.69, 9.17) is 9.53 Å². The highest BCUT2D eigenvalue weighted by atomic mass is 28.4. The lowest BCUT2D eigenvalue weighted by atomic mass is 10.0. The van der Waals surface area contributed by atoms with E-state index in [9.17, 15) is 9.59 Å². The van der Waals surface area contributed by atoms with Gasteiger partial charge < -0.3 is 14.3 Å². The molecule has 1 atom stereocenters. The van der Waals surface area contributed by atoms with Gasteiger partial charge in [0, 0.05) is 12.5 Å². The van der Waals surface area contributed by atoms with Crippen molar-refractivity contribution < 1.29 is 19.1 Å². The Bertz CT molecular complexity index is 698. The Morgan fingerprint density at radius 1 is 1.04 bits per heavy atom. The molecule has 0 fully saturated rings. The van der Waals surface area contributed by atoms with Crippen LogP contribution in [0.1, 0.15) is 33.6 Å². The van der Waals surface area contributed by atoms with Crippen molar-refractivity contribution in [1.29, 1.82) is 0 Å². The SMILES string of the molecule is CC(C)(C)[Si](OCC[C@@H](C=O)CC(=O)O)(c1ccccc1)c1ccccc1. The third-order valence-corrected chi connectivity index (χ3v) is 9.90. The van der Waals surface area contributed by atoms with Crippen LogP contribution in [0.5, 0.6) is 0 Å². The maximum Gasteiger partial charge on any atom is 0.304 e. The van der Waals surface area contributed by atoms with E-state index in [1.165, 1.54) is 10.4 Å². The van der Waals surface area contributed by atoms with Crippen LogP contribution in [0.15, 0.2) is 60.7 Å². The highest BCUT2D eigenvalue weighted by Crippen LogP contribution is 2.36. The smallest absolute Gasteiger partial charge is 0.304 e. The summed E-state index contributed by atoms with van der Waals surface area (Å²) in [6.45, 7) is 6.92. The van der Waals surface area contributed by atoms with Crippen LogP contribution in [-0.4, -0.2) is 32.3 Å². The molecule has 0 aliphatic rings. The highest BCUT2D eigenvalue weighted by molar-refractivity contribution is 6.99. The van der Waals surface area contributed by atoms with Crippen LogP contribution in [0.3, 0.4) is 0 Å². The number of aldehydes is 1. The first-order valence-corrected chi connectivity index (χ1v) is 11.1. The molecular weight excluding hydrogens is 356 g/mol. The molecule has 27 heavy (non-hydrogen) atoms. The first-order valence-electron chi connectivity index (χ1n) is 9.23. The molecule has 0 aromatic heterocycles. The van der Waals surface area contributed by atoms with E-state index in [2.05, 4.69) is 45.0 Å². The standard InChI is InChI=1S/C22H28O4Si/c1-22(2,3)27(19-10-6-4-7-11-19,20-12-8-5-9-13-20)26-15-14-18(17-23)16-21(24)25/h4-13,17-18H,14-16H2,1-3H3,(H,24,25)/t18-/m1/s1. The third kappa shape index (κ3) is 4.93. The molecule has 0 saturated carbocycles. The fourth-order valence-electron chi connectivity index (χ4n) is 3.57. The van der Waals surface area contributed by atoms with Gasteiger partial charge in [0.05, 0.1) is 6.42 Å². The topological polar surface area (TPSA) is 63.6 Å². The van der Waals surface area contributed by atoms with E-state index < -0.39 is 20.2 Å². The molecule has 1 N–H and O–H groups in total. The van der Waals surface area contributed by atoms with Crippen LogP contribution in [0.2, 0.25) is 5.04 Å². The van der Waals surface area contributed by atoms with Crippen LogP contribution in [0, 0.1) is 5.92 Å². The summed E-state index contributed by atoms with van der Waals surface area (Å²) in [6, 6.07) is 20.5. The van der Waals surface area contributed by atoms with Crippen molar-refractivity contribution in [3.63, 3.8) is 0 Å². The van der Waals surface area contributed by atoms with Gasteiger partial charge in [0.2, 0.25) is 0 Å². The summed E-state index contributed by atoms with van der Waals surface area (Å²) >= 11 is 0. The van der Waals surface area contributed by atoms with E-state index in [0.717, 1.165) is 6.29 Å². The van der Waals surface area contributed by atoms with Crippen LogP contribution in [0.4, 0.5) is 0 Å². The number of hydrogen-bond acceptors (Lipinski definition) is 3. The first-order chi connectivity index (χ1) is 12.8. The molecule has 0 unspecified atom stereocenters.